The molecule has 0 radical (unpaired) electrons. The van der Waals surface area contributed by atoms with Crippen molar-refractivity contribution in [3.63, 3.8) is 0 Å². The van der Waals surface area contributed by atoms with Crippen molar-refractivity contribution in [2.75, 3.05) is 29.9 Å². The molecule has 2 heteroatoms. The van der Waals surface area contributed by atoms with E-state index in [2.05, 4.69) is 34.5 Å². The molecule has 3 rings (SSSR count). The van der Waals surface area contributed by atoms with Crippen molar-refractivity contribution in [3.05, 3.63) is 24.3 Å². The highest BCUT2D eigenvalue weighted by Crippen LogP contribution is 2.25. The number of hydrogen-bond donors (Lipinski definition) is 1. The lowest BCUT2D eigenvalue weighted by Crippen LogP contribution is -2.17. The summed E-state index contributed by atoms with van der Waals surface area (Å²) in [5.74, 6) is 0.885. The smallest absolute Gasteiger partial charge is 0.0367 e. The molecule has 1 aliphatic heterocycles. The van der Waals surface area contributed by atoms with E-state index >= 15 is 0 Å². The highest BCUT2D eigenvalue weighted by atomic mass is 15.1. The molecule has 1 N–H and O–H groups in total. The van der Waals surface area contributed by atoms with Crippen molar-refractivity contribution in [1.82, 2.24) is 0 Å². The van der Waals surface area contributed by atoms with Gasteiger partial charge in [0.1, 0.15) is 0 Å². The number of nitrogens with one attached hydrogen (secondary N) is 1. The Morgan fingerprint density at radius 1 is 0.850 bits per heavy atom. The fourth-order valence-electron chi connectivity index (χ4n) is 3.60. The molecule has 1 aromatic carbocycles. The molecule has 0 spiro atoms. The second kappa shape index (κ2) is 7.01. The van der Waals surface area contributed by atoms with E-state index in [1.54, 1.807) is 0 Å². The molecule has 1 saturated carbocycles. The Hall–Kier alpha value is -1.18. The van der Waals surface area contributed by atoms with Crippen molar-refractivity contribution < 1.29 is 0 Å². The molecule has 2 fully saturated rings. The Bertz CT molecular complexity index is 384. The van der Waals surface area contributed by atoms with Gasteiger partial charge in [0.25, 0.3) is 0 Å². The maximum Gasteiger partial charge on any atom is 0.0367 e. The second-order valence-electron chi connectivity index (χ2n) is 6.48. The summed E-state index contributed by atoms with van der Waals surface area (Å²) in [5, 5.41) is 3.64. The monoisotopic (exact) mass is 272 g/mol. The minimum atomic E-state index is 0.885. The molecule has 1 saturated heterocycles. The summed E-state index contributed by atoms with van der Waals surface area (Å²) in [6.07, 6.45) is 11.3. The third-order valence-electron chi connectivity index (χ3n) is 4.91. The predicted octanol–water partition coefficient (Wildman–Crippen LogP) is 4.67. The number of hydrogen-bond acceptors (Lipinski definition) is 2. The first-order valence-electron chi connectivity index (χ1n) is 8.51. The Kier molecular flexibility index (Phi) is 4.83. The van der Waals surface area contributed by atoms with Crippen molar-refractivity contribution in [3.8, 4) is 0 Å². The van der Waals surface area contributed by atoms with Crippen molar-refractivity contribution in [2.24, 2.45) is 5.92 Å². The minimum Gasteiger partial charge on any atom is -0.385 e. The molecule has 0 atom stereocenters. The maximum absolute atomic E-state index is 3.64. The molecule has 0 bridgehead atoms. The summed E-state index contributed by atoms with van der Waals surface area (Å²) in [7, 11) is 0. The fraction of sp³-hybridized carbons (Fsp3) is 0.667. The summed E-state index contributed by atoms with van der Waals surface area (Å²) in [6, 6.07) is 9.07. The van der Waals surface area contributed by atoms with Gasteiger partial charge in [0.2, 0.25) is 0 Å². The molecule has 2 nitrogen and oxygen atoms in total. The zero-order valence-electron chi connectivity index (χ0n) is 12.6. The lowest BCUT2D eigenvalue weighted by atomic mass is 10.0. The topological polar surface area (TPSA) is 15.3 Å². The molecule has 110 valence electrons. The number of benzene rings is 1. The van der Waals surface area contributed by atoms with Gasteiger partial charge in [-0.25, -0.2) is 0 Å². The lowest BCUT2D eigenvalue weighted by Gasteiger charge is -2.19. The number of anilines is 2. The average Bonchev–Trinajstić information content (AvgIpc) is 2.90. The quantitative estimate of drug-likeness (QED) is 0.801. The van der Waals surface area contributed by atoms with Crippen LogP contribution in [0.3, 0.4) is 0 Å². The van der Waals surface area contributed by atoms with Crippen LogP contribution in [0, 0.1) is 5.92 Å². The van der Waals surface area contributed by atoms with E-state index in [0.29, 0.717) is 0 Å². The Morgan fingerprint density at radius 3 is 2.15 bits per heavy atom. The molecular formula is C18H28N2. The van der Waals surface area contributed by atoms with E-state index in [-0.39, 0.29) is 0 Å². The molecule has 0 amide bonds. The van der Waals surface area contributed by atoms with Gasteiger partial charge in [0.15, 0.2) is 0 Å². The summed E-state index contributed by atoms with van der Waals surface area (Å²) >= 11 is 0. The van der Waals surface area contributed by atoms with Crippen LogP contribution in [-0.4, -0.2) is 19.6 Å². The van der Waals surface area contributed by atoms with Crippen molar-refractivity contribution >= 4 is 11.4 Å². The SMILES string of the molecule is c1cc(N2CCCC2)ccc1NCC1CCCCCC1. The van der Waals surface area contributed by atoms with Crippen LogP contribution in [0.2, 0.25) is 0 Å². The van der Waals surface area contributed by atoms with E-state index in [1.165, 1.54) is 75.8 Å². The van der Waals surface area contributed by atoms with Gasteiger partial charge in [-0.1, -0.05) is 25.7 Å². The summed E-state index contributed by atoms with van der Waals surface area (Å²) in [4.78, 5) is 2.50. The standard InChI is InChI=1S/C18H28N2/c1-2-4-8-16(7-3-1)15-19-17-9-11-18(12-10-17)20-13-5-6-14-20/h9-12,16,19H,1-8,13-15H2. The van der Waals surface area contributed by atoms with Crippen LogP contribution in [0.25, 0.3) is 0 Å². The molecule has 1 aromatic rings. The van der Waals surface area contributed by atoms with Gasteiger partial charge >= 0.3 is 0 Å². The van der Waals surface area contributed by atoms with E-state index in [0.717, 1.165) is 12.5 Å². The molecule has 1 aliphatic carbocycles. The van der Waals surface area contributed by atoms with Gasteiger partial charge in [-0.15, -0.1) is 0 Å². The number of rotatable bonds is 4. The first kappa shape index (κ1) is 13.8. The third-order valence-corrected chi connectivity index (χ3v) is 4.91. The molecule has 0 aromatic heterocycles. The van der Waals surface area contributed by atoms with E-state index < -0.39 is 0 Å². The van der Waals surface area contributed by atoms with Gasteiger partial charge < -0.3 is 10.2 Å². The predicted molar refractivity (Wildman–Crippen MR) is 87.6 cm³/mol. The van der Waals surface area contributed by atoms with Crippen molar-refractivity contribution in [2.45, 2.75) is 51.4 Å². The van der Waals surface area contributed by atoms with Crippen LogP contribution >= 0.6 is 0 Å². The fourth-order valence-corrected chi connectivity index (χ4v) is 3.60. The minimum absolute atomic E-state index is 0.885. The molecule has 0 unspecified atom stereocenters. The Labute approximate surface area is 123 Å². The Morgan fingerprint density at radius 2 is 1.50 bits per heavy atom. The van der Waals surface area contributed by atoms with Crippen LogP contribution in [0.5, 0.6) is 0 Å². The normalized spacial score (nSPS) is 20.9. The van der Waals surface area contributed by atoms with E-state index in [1.807, 2.05) is 0 Å². The molecule has 2 aliphatic rings. The summed E-state index contributed by atoms with van der Waals surface area (Å²) in [6.45, 7) is 3.62. The van der Waals surface area contributed by atoms with Gasteiger partial charge in [0.05, 0.1) is 0 Å². The molecule has 20 heavy (non-hydrogen) atoms. The third kappa shape index (κ3) is 3.68. The molecule has 1 heterocycles. The number of nitrogens with zero attached hydrogens (tertiary/aromatic N) is 1. The van der Waals surface area contributed by atoms with E-state index in [9.17, 15) is 0 Å². The highest BCUT2D eigenvalue weighted by Gasteiger charge is 2.13. The zero-order chi connectivity index (χ0) is 13.6. The molecular weight excluding hydrogens is 244 g/mol. The van der Waals surface area contributed by atoms with Crippen molar-refractivity contribution in [1.29, 1.82) is 0 Å². The van der Waals surface area contributed by atoms with Gasteiger partial charge in [0, 0.05) is 31.0 Å². The van der Waals surface area contributed by atoms with Gasteiger partial charge in [-0.2, -0.15) is 0 Å². The highest BCUT2D eigenvalue weighted by molar-refractivity contribution is 5.55. The van der Waals surface area contributed by atoms with Gasteiger partial charge in [-0.05, 0) is 55.9 Å². The average molecular weight is 272 g/mol. The van der Waals surface area contributed by atoms with E-state index in [4.69, 9.17) is 0 Å². The van der Waals surface area contributed by atoms with Gasteiger partial charge in [-0.3, -0.25) is 0 Å². The first-order chi connectivity index (χ1) is 9.92. The summed E-state index contributed by atoms with van der Waals surface area (Å²) in [5.41, 5.74) is 2.68. The largest absolute Gasteiger partial charge is 0.385 e. The van der Waals surface area contributed by atoms with Crippen LogP contribution in [-0.2, 0) is 0 Å². The summed E-state index contributed by atoms with van der Waals surface area (Å²) < 4.78 is 0. The van der Waals surface area contributed by atoms with Crippen LogP contribution in [0.15, 0.2) is 24.3 Å². The van der Waals surface area contributed by atoms with Crippen LogP contribution in [0.4, 0.5) is 11.4 Å². The maximum atomic E-state index is 3.64. The Balaban J connectivity index is 1.49. The van der Waals surface area contributed by atoms with Crippen LogP contribution in [0.1, 0.15) is 51.4 Å². The zero-order valence-corrected chi connectivity index (χ0v) is 12.6. The van der Waals surface area contributed by atoms with Crippen LogP contribution < -0.4 is 10.2 Å². The first-order valence-corrected chi connectivity index (χ1v) is 8.51. The lowest BCUT2D eigenvalue weighted by molar-refractivity contribution is 0.483. The second-order valence-corrected chi connectivity index (χ2v) is 6.48.